The first-order valence-electron chi connectivity index (χ1n) is 22.0. The van der Waals surface area contributed by atoms with Crippen LogP contribution in [0.4, 0.5) is 34.1 Å². The van der Waals surface area contributed by atoms with Crippen LogP contribution in [0.3, 0.4) is 0 Å². The summed E-state index contributed by atoms with van der Waals surface area (Å²) in [5.41, 5.74) is 18.4. The van der Waals surface area contributed by atoms with E-state index in [-0.39, 0.29) is 5.41 Å². The summed E-state index contributed by atoms with van der Waals surface area (Å²) in [6.45, 7) is 0. The first-order valence-corrected chi connectivity index (χ1v) is 22.0. The molecular weight excluding hydrogens is 751 g/mol. The number of rotatable bonds is 8. The number of hydrogen-bond acceptors (Lipinski definition) is 2. The third kappa shape index (κ3) is 5.88. The van der Waals surface area contributed by atoms with Crippen LogP contribution in [0.25, 0.3) is 49.7 Å². The molecule has 1 saturated carbocycles. The molecule has 1 fully saturated rings. The van der Waals surface area contributed by atoms with Crippen molar-refractivity contribution in [3.8, 4) is 27.9 Å². The van der Waals surface area contributed by atoms with Gasteiger partial charge in [0.05, 0.1) is 11.0 Å². The molecule has 1 aromatic heterocycles. The predicted molar refractivity (Wildman–Crippen MR) is 260 cm³/mol. The number of para-hydroxylation sites is 5. The van der Waals surface area contributed by atoms with E-state index in [4.69, 9.17) is 0 Å². The van der Waals surface area contributed by atoms with Gasteiger partial charge in [0, 0.05) is 56.0 Å². The molecule has 2 aliphatic carbocycles. The Bertz CT molecular complexity index is 3060. The molecule has 2 aliphatic rings. The molecule has 1 heterocycles. The molecule has 0 bridgehead atoms. The minimum Gasteiger partial charge on any atom is -0.310 e. The average molecular weight is 796 g/mol. The van der Waals surface area contributed by atoms with Gasteiger partial charge in [0.1, 0.15) is 0 Å². The summed E-state index contributed by atoms with van der Waals surface area (Å²) < 4.78 is 2.52. The van der Waals surface area contributed by atoms with Gasteiger partial charge < -0.3 is 14.4 Å². The summed E-state index contributed by atoms with van der Waals surface area (Å²) in [4.78, 5) is 4.74. The maximum absolute atomic E-state index is 2.57. The van der Waals surface area contributed by atoms with E-state index >= 15 is 0 Å². The van der Waals surface area contributed by atoms with E-state index in [9.17, 15) is 0 Å². The fourth-order valence-corrected chi connectivity index (χ4v) is 10.8. The Balaban J connectivity index is 1.08. The van der Waals surface area contributed by atoms with E-state index < -0.39 is 0 Å². The Labute approximate surface area is 363 Å². The van der Waals surface area contributed by atoms with Gasteiger partial charge in [-0.2, -0.15) is 0 Å². The van der Waals surface area contributed by atoms with Crippen molar-refractivity contribution >= 4 is 55.9 Å². The van der Waals surface area contributed by atoms with E-state index in [2.05, 4.69) is 239 Å². The van der Waals surface area contributed by atoms with Crippen LogP contribution in [0, 0.1) is 0 Å². The van der Waals surface area contributed by atoms with Gasteiger partial charge in [-0.05, 0) is 143 Å². The Morgan fingerprint density at radius 2 is 0.871 bits per heavy atom. The van der Waals surface area contributed by atoms with Crippen LogP contribution in [0.5, 0.6) is 0 Å². The smallest absolute Gasteiger partial charge is 0.0544 e. The van der Waals surface area contributed by atoms with Crippen molar-refractivity contribution < 1.29 is 0 Å². The van der Waals surface area contributed by atoms with Crippen LogP contribution in [-0.2, 0) is 5.41 Å². The van der Waals surface area contributed by atoms with Crippen molar-refractivity contribution in [2.24, 2.45) is 0 Å². The first kappa shape index (κ1) is 36.2. The highest BCUT2D eigenvalue weighted by atomic mass is 15.2. The van der Waals surface area contributed by atoms with Crippen LogP contribution < -0.4 is 9.80 Å². The minimum atomic E-state index is 0.0901. The summed E-state index contributed by atoms with van der Waals surface area (Å²) in [5.74, 6) is 0. The molecule has 0 atom stereocenters. The summed E-state index contributed by atoms with van der Waals surface area (Å²) >= 11 is 0. The van der Waals surface area contributed by atoms with Crippen molar-refractivity contribution in [1.29, 1.82) is 0 Å². The Kier molecular flexibility index (Phi) is 8.67. The van der Waals surface area contributed by atoms with Gasteiger partial charge in [0.25, 0.3) is 0 Å². The number of nitrogens with zero attached hydrogens (tertiary/aromatic N) is 3. The van der Waals surface area contributed by atoms with Crippen molar-refractivity contribution in [3.63, 3.8) is 0 Å². The van der Waals surface area contributed by atoms with E-state index in [1.54, 1.807) is 0 Å². The highest BCUT2D eigenvalue weighted by Crippen LogP contribution is 2.58. The lowest BCUT2D eigenvalue weighted by molar-refractivity contribution is 0.550. The molecule has 10 aromatic rings. The van der Waals surface area contributed by atoms with E-state index in [1.807, 2.05) is 0 Å². The Morgan fingerprint density at radius 1 is 0.339 bits per heavy atom. The summed E-state index contributed by atoms with van der Waals surface area (Å²) in [6.07, 6.45) is 4.97. The fraction of sp³-hybridized carbons (Fsp3) is 0.0847. The van der Waals surface area contributed by atoms with Gasteiger partial charge in [0.15, 0.2) is 0 Å². The van der Waals surface area contributed by atoms with Crippen LogP contribution in [0.15, 0.2) is 224 Å². The summed E-state index contributed by atoms with van der Waals surface area (Å²) in [6, 6.07) is 82.3. The number of benzene rings is 9. The van der Waals surface area contributed by atoms with Crippen molar-refractivity contribution in [2.75, 3.05) is 9.80 Å². The van der Waals surface area contributed by atoms with Gasteiger partial charge in [-0.3, -0.25) is 0 Å². The third-order valence-electron chi connectivity index (χ3n) is 13.4. The molecule has 296 valence electrons. The normalized spacial score (nSPS) is 13.7. The number of aromatic nitrogens is 1. The summed E-state index contributed by atoms with van der Waals surface area (Å²) in [5, 5.41) is 2.59. The zero-order chi connectivity index (χ0) is 41.0. The van der Waals surface area contributed by atoms with Gasteiger partial charge >= 0.3 is 0 Å². The lowest BCUT2D eigenvalue weighted by Gasteiger charge is -2.30. The van der Waals surface area contributed by atoms with Crippen LogP contribution in [-0.4, -0.2) is 4.57 Å². The van der Waals surface area contributed by atoms with Crippen LogP contribution >= 0.6 is 0 Å². The van der Waals surface area contributed by atoms with Gasteiger partial charge in [-0.15, -0.1) is 0 Å². The van der Waals surface area contributed by atoms with E-state index in [0.717, 1.165) is 50.9 Å². The summed E-state index contributed by atoms with van der Waals surface area (Å²) in [7, 11) is 0. The highest BCUT2D eigenvalue weighted by molar-refractivity contribution is 6.11. The Morgan fingerprint density at radius 3 is 1.47 bits per heavy atom. The van der Waals surface area contributed by atoms with Gasteiger partial charge in [0.2, 0.25) is 0 Å². The highest BCUT2D eigenvalue weighted by Gasteiger charge is 2.45. The largest absolute Gasteiger partial charge is 0.310 e. The number of fused-ring (bicyclic) bond motifs is 8. The number of hydrogen-bond donors (Lipinski definition) is 0. The zero-order valence-electron chi connectivity index (χ0n) is 34.5. The number of anilines is 6. The van der Waals surface area contributed by atoms with Gasteiger partial charge in [-0.25, -0.2) is 0 Å². The molecule has 0 unspecified atom stereocenters. The Hall–Kier alpha value is -7.62. The molecular formula is C59H45N3. The molecule has 0 aliphatic heterocycles. The second kappa shape index (κ2) is 14.8. The van der Waals surface area contributed by atoms with E-state index in [0.29, 0.717) is 0 Å². The third-order valence-corrected chi connectivity index (χ3v) is 13.4. The topological polar surface area (TPSA) is 11.4 Å². The molecule has 0 amide bonds. The molecule has 1 spiro atoms. The SMILES string of the molecule is c1ccc(N(c2ccccc2)c2cc(-c3cccc(-n4c5ccccc5c5cc6c(cc54)C4(CCCC4)c4ccccc4-6)c3)cc(N(c3ccccc3)c3ccccc3)c2)cc1. The first-order chi connectivity index (χ1) is 30.7. The molecule has 0 N–H and O–H groups in total. The molecule has 0 radical (unpaired) electrons. The van der Waals surface area contributed by atoms with Crippen molar-refractivity contribution in [3.05, 3.63) is 236 Å². The monoisotopic (exact) mass is 795 g/mol. The lowest BCUT2D eigenvalue weighted by Crippen LogP contribution is -2.20. The minimum absolute atomic E-state index is 0.0901. The van der Waals surface area contributed by atoms with E-state index in [1.165, 1.54) is 69.7 Å². The van der Waals surface area contributed by atoms with Crippen molar-refractivity contribution in [1.82, 2.24) is 4.57 Å². The zero-order valence-corrected chi connectivity index (χ0v) is 34.5. The molecule has 3 heteroatoms. The predicted octanol–water partition coefficient (Wildman–Crippen LogP) is 16.2. The molecule has 3 nitrogen and oxygen atoms in total. The molecule has 62 heavy (non-hydrogen) atoms. The molecule has 0 saturated heterocycles. The quantitative estimate of drug-likeness (QED) is 0.152. The second-order valence-electron chi connectivity index (χ2n) is 16.9. The lowest BCUT2D eigenvalue weighted by atomic mass is 9.76. The average Bonchev–Trinajstić information content (AvgIpc) is 4.04. The maximum atomic E-state index is 2.57. The second-order valence-corrected chi connectivity index (χ2v) is 16.9. The van der Waals surface area contributed by atoms with Crippen molar-refractivity contribution in [2.45, 2.75) is 31.1 Å². The van der Waals surface area contributed by atoms with Crippen LogP contribution in [0.2, 0.25) is 0 Å². The standard InChI is InChI=1S/C59H45N3/c1-5-21-44(22-6-1)60(45-23-7-2-8-24-45)49-37-43(38-50(39-49)61(46-25-9-3-10-26-46)47-27-11-4-12-28-47)42-20-19-29-48(36-42)62-57-33-16-14-31-52(57)54-40-53-51-30-13-15-32-55(51)59(34-17-18-35-59)56(53)41-58(54)62/h1-16,19-33,36-41H,17-18,34-35H2. The van der Waals surface area contributed by atoms with Gasteiger partial charge in [-0.1, -0.05) is 140 Å². The molecule has 12 rings (SSSR count). The fourth-order valence-electron chi connectivity index (χ4n) is 10.8. The molecule has 9 aromatic carbocycles. The maximum Gasteiger partial charge on any atom is 0.0544 e. The van der Waals surface area contributed by atoms with Crippen LogP contribution in [0.1, 0.15) is 36.8 Å².